The third-order valence-corrected chi connectivity index (χ3v) is 12.0. The van der Waals surface area contributed by atoms with Crippen molar-refractivity contribution in [2.75, 3.05) is 0 Å². The molecule has 2 aliphatic rings. The molecule has 9 N–H and O–H groups in total. The number of nitrogens with one attached hydrogen (secondary N) is 3. The third-order valence-electron chi connectivity index (χ3n) is 11.3. The molecule has 2 atom stereocenters. The lowest BCUT2D eigenvalue weighted by atomic mass is 9.82. The number of amides is 3. The monoisotopic (exact) mass is 946 g/mol. The maximum atomic E-state index is 12.2. The summed E-state index contributed by atoms with van der Waals surface area (Å²) in [5.74, 6) is -1.14. The van der Waals surface area contributed by atoms with Crippen molar-refractivity contribution >= 4 is 89.4 Å². The number of hydrogen-bond acceptors (Lipinski definition) is 7. The summed E-state index contributed by atoms with van der Waals surface area (Å²) in [5.41, 5.74) is 23.7. The normalized spacial score (nSPS) is 16.4. The average Bonchev–Trinajstić information content (AvgIpc) is 4.02. The Morgan fingerprint density at radius 1 is 0.615 bits per heavy atom. The van der Waals surface area contributed by atoms with E-state index in [2.05, 4.69) is 43.0 Å². The van der Waals surface area contributed by atoms with Gasteiger partial charge in [0.25, 0.3) is 17.7 Å². The van der Waals surface area contributed by atoms with Gasteiger partial charge in [-0.25, -0.2) is 0 Å². The van der Waals surface area contributed by atoms with Crippen LogP contribution in [0, 0.1) is 11.8 Å². The van der Waals surface area contributed by atoms with E-state index in [1.54, 1.807) is 24.4 Å². The Morgan fingerprint density at radius 2 is 1.08 bits per heavy atom. The van der Waals surface area contributed by atoms with E-state index < -0.39 is 28.9 Å². The average molecular weight is 948 g/mol. The molecule has 3 aromatic heterocycles. The SMILES string of the molecule is CC(C)(C)OC(=O)CC1C=C(c2ccc(C(N)=O)c3[nH]ccc23)CCC1.CC(C)(C)OC(=O)CC1CCC=C(c2ccc(C(N)=O)c3[nH]ccc23)C1.NC(=O)c1ccc(Br)c2cc[nH]c12. The van der Waals surface area contributed by atoms with Gasteiger partial charge in [-0.2, -0.15) is 0 Å². The number of allylic oxidation sites excluding steroid dienone is 4. The molecule has 0 aliphatic heterocycles. The van der Waals surface area contributed by atoms with Gasteiger partial charge in [0.05, 0.1) is 39.7 Å². The van der Waals surface area contributed by atoms with Crippen molar-refractivity contribution in [2.24, 2.45) is 29.0 Å². The topological polar surface area (TPSA) is 229 Å². The number of esters is 2. The third kappa shape index (κ3) is 12.2. The van der Waals surface area contributed by atoms with Crippen LogP contribution < -0.4 is 17.2 Å². The van der Waals surface area contributed by atoms with Crippen LogP contribution in [-0.2, 0) is 19.1 Å². The molecule has 0 fully saturated rings. The van der Waals surface area contributed by atoms with Crippen molar-refractivity contribution < 1.29 is 33.4 Å². The highest BCUT2D eigenvalue weighted by molar-refractivity contribution is 9.10. The van der Waals surface area contributed by atoms with E-state index in [1.807, 2.05) is 90.3 Å². The van der Waals surface area contributed by atoms with E-state index in [1.165, 1.54) is 11.1 Å². The second-order valence-electron chi connectivity index (χ2n) is 18.6. The minimum absolute atomic E-state index is 0.139. The summed E-state index contributed by atoms with van der Waals surface area (Å²) in [4.78, 5) is 67.8. The fourth-order valence-electron chi connectivity index (χ4n) is 8.60. The maximum Gasteiger partial charge on any atom is 0.306 e. The molecule has 2 aliphatic carbocycles. The first-order chi connectivity index (χ1) is 30.7. The van der Waals surface area contributed by atoms with Crippen LogP contribution >= 0.6 is 15.9 Å². The van der Waals surface area contributed by atoms with Crippen molar-refractivity contribution in [3.05, 3.63) is 118 Å². The van der Waals surface area contributed by atoms with Crippen molar-refractivity contribution in [3.63, 3.8) is 0 Å². The van der Waals surface area contributed by atoms with Crippen molar-refractivity contribution in [2.45, 2.75) is 104 Å². The minimum atomic E-state index is -0.458. The van der Waals surface area contributed by atoms with Crippen molar-refractivity contribution in [1.29, 1.82) is 0 Å². The lowest BCUT2D eigenvalue weighted by molar-refractivity contribution is -0.157. The molecule has 0 spiro atoms. The minimum Gasteiger partial charge on any atom is -0.460 e. The summed E-state index contributed by atoms with van der Waals surface area (Å²) in [6.07, 6.45) is 16.4. The van der Waals surface area contributed by atoms with Crippen LogP contribution in [0.25, 0.3) is 43.9 Å². The van der Waals surface area contributed by atoms with Crippen LogP contribution in [0.2, 0.25) is 0 Å². The number of aromatic amines is 3. The van der Waals surface area contributed by atoms with Gasteiger partial charge in [-0.3, -0.25) is 24.0 Å². The number of ether oxygens (including phenoxy) is 2. The lowest BCUT2D eigenvalue weighted by Crippen LogP contribution is -2.25. The van der Waals surface area contributed by atoms with Crippen LogP contribution in [0.3, 0.4) is 0 Å². The Bertz CT molecular complexity index is 2810. The summed E-state index contributed by atoms with van der Waals surface area (Å²) < 4.78 is 11.9. The van der Waals surface area contributed by atoms with Gasteiger partial charge < -0.3 is 41.6 Å². The molecule has 342 valence electrons. The fourth-order valence-corrected chi connectivity index (χ4v) is 9.06. The van der Waals surface area contributed by atoms with E-state index in [9.17, 15) is 24.0 Å². The Labute approximate surface area is 387 Å². The van der Waals surface area contributed by atoms with Gasteiger partial charge in [0.1, 0.15) is 11.2 Å². The molecule has 0 saturated carbocycles. The first kappa shape index (κ1) is 48.1. The van der Waals surface area contributed by atoms with Crippen LogP contribution in [0.1, 0.15) is 135 Å². The second-order valence-corrected chi connectivity index (χ2v) is 19.5. The molecular weight excluding hydrogens is 888 g/mol. The Kier molecular flexibility index (Phi) is 14.9. The van der Waals surface area contributed by atoms with E-state index >= 15 is 0 Å². The van der Waals surface area contributed by atoms with Gasteiger partial charge in [-0.1, -0.05) is 40.2 Å². The number of primary amides is 3. The highest BCUT2D eigenvalue weighted by atomic mass is 79.9. The van der Waals surface area contributed by atoms with Crippen LogP contribution in [0.4, 0.5) is 0 Å². The van der Waals surface area contributed by atoms with Gasteiger partial charge in [0, 0.05) is 45.6 Å². The van der Waals surface area contributed by atoms with Crippen molar-refractivity contribution in [1.82, 2.24) is 15.0 Å². The van der Waals surface area contributed by atoms with Crippen molar-refractivity contribution in [3.8, 4) is 0 Å². The van der Waals surface area contributed by atoms with Crippen LogP contribution in [-0.4, -0.2) is 55.8 Å². The Hall–Kier alpha value is -6.41. The van der Waals surface area contributed by atoms with E-state index in [0.29, 0.717) is 29.5 Å². The predicted octanol–water partition coefficient (Wildman–Crippen LogP) is 10.4. The molecule has 14 heteroatoms. The number of carbonyl (C=O) groups is 5. The van der Waals surface area contributed by atoms with Gasteiger partial charge in [0.2, 0.25) is 0 Å². The Morgan fingerprint density at radius 3 is 1.58 bits per heavy atom. The molecule has 0 bridgehead atoms. The van der Waals surface area contributed by atoms with E-state index in [-0.39, 0.29) is 23.8 Å². The number of fused-ring (bicyclic) bond motifs is 3. The molecule has 0 radical (unpaired) electrons. The predicted molar refractivity (Wildman–Crippen MR) is 260 cm³/mol. The first-order valence-electron chi connectivity index (χ1n) is 21.9. The number of carbonyl (C=O) groups excluding carboxylic acids is 5. The number of aromatic nitrogens is 3. The largest absolute Gasteiger partial charge is 0.460 e. The number of halogens is 1. The zero-order chi connectivity index (χ0) is 47.2. The quantitative estimate of drug-likeness (QED) is 0.0767. The summed E-state index contributed by atoms with van der Waals surface area (Å²) >= 11 is 3.39. The molecule has 13 nitrogen and oxygen atoms in total. The molecule has 3 amide bonds. The summed E-state index contributed by atoms with van der Waals surface area (Å²) in [7, 11) is 0. The number of rotatable bonds is 9. The number of nitrogens with two attached hydrogens (primary N) is 3. The molecule has 8 rings (SSSR count). The van der Waals surface area contributed by atoms with Gasteiger partial charge in [-0.15, -0.1) is 0 Å². The molecule has 2 unspecified atom stereocenters. The standard InChI is InChI=1S/2C21H26N2O3.C9H7BrN2O/c2*1-21(2,3)26-18(24)12-13-5-4-6-14(11-13)15-7-8-17(20(22)25)19-16(15)9-10-23-19;10-7-2-1-6(9(11)13)8-5(7)3-4-12-8/h7-11,13,23H,4-6,12H2,1-3H3,(H2,22,25);6-10,13,23H,4-5,11-12H2,1-3H3,(H2,22,25);1-4,12H,(H2,11,13). The van der Waals surface area contributed by atoms with Gasteiger partial charge >= 0.3 is 11.9 Å². The molecule has 3 heterocycles. The van der Waals surface area contributed by atoms with E-state index in [4.69, 9.17) is 26.7 Å². The molecule has 3 aromatic carbocycles. The van der Waals surface area contributed by atoms with Gasteiger partial charge in [-0.05, 0) is 157 Å². The smallest absolute Gasteiger partial charge is 0.306 e. The number of hydrogen-bond donors (Lipinski definition) is 6. The highest BCUT2D eigenvalue weighted by Gasteiger charge is 2.26. The second kappa shape index (κ2) is 20.2. The zero-order valence-electron chi connectivity index (χ0n) is 37.9. The lowest BCUT2D eigenvalue weighted by Gasteiger charge is -2.25. The van der Waals surface area contributed by atoms with Gasteiger partial charge in [0.15, 0.2) is 0 Å². The van der Waals surface area contributed by atoms with Crippen LogP contribution in [0.5, 0.6) is 0 Å². The molecule has 65 heavy (non-hydrogen) atoms. The molecular formula is C51H59BrN6O7. The first-order valence-corrected chi connectivity index (χ1v) is 22.7. The molecule has 0 saturated heterocycles. The Balaban J connectivity index is 0.000000171. The molecule has 6 aromatic rings. The van der Waals surface area contributed by atoms with Crippen LogP contribution in [0.15, 0.2) is 89.8 Å². The zero-order valence-corrected chi connectivity index (χ0v) is 39.4. The number of H-pyrrole nitrogens is 3. The number of benzene rings is 3. The highest BCUT2D eigenvalue weighted by Crippen LogP contribution is 2.38. The summed E-state index contributed by atoms with van der Waals surface area (Å²) in [6.45, 7) is 11.3. The summed E-state index contributed by atoms with van der Waals surface area (Å²) in [6, 6.07) is 16.8. The maximum absolute atomic E-state index is 12.2. The van der Waals surface area contributed by atoms with E-state index in [0.717, 1.165) is 86.8 Å². The summed E-state index contributed by atoms with van der Waals surface area (Å²) in [5, 5.41) is 2.95. The fraction of sp³-hybridized carbons (Fsp3) is 0.353.